The number of hydrogen-bond donors (Lipinski definition) is 2. The van der Waals surface area contributed by atoms with Gasteiger partial charge in [0.15, 0.2) is 22.9 Å². The van der Waals surface area contributed by atoms with Crippen molar-refractivity contribution in [3.63, 3.8) is 0 Å². The van der Waals surface area contributed by atoms with E-state index < -0.39 is 22.9 Å². The molecule has 3 rings (SSSR count). The van der Waals surface area contributed by atoms with Crippen molar-refractivity contribution in [3.05, 3.63) is 99.5 Å². The molecule has 1 aromatic heterocycles. The van der Waals surface area contributed by atoms with Crippen LogP contribution in [0.4, 0.5) is 13.2 Å². The zero-order valence-corrected chi connectivity index (χ0v) is 18.6. The summed E-state index contributed by atoms with van der Waals surface area (Å²) in [5.41, 5.74) is -0.415. The number of rotatable bonds is 7. The fraction of sp³-hybridized carbons (Fsp3) is 0.120. The number of hydrogen-bond acceptors (Lipinski definition) is 6. The van der Waals surface area contributed by atoms with Crippen molar-refractivity contribution in [2.75, 3.05) is 6.61 Å². The van der Waals surface area contributed by atoms with E-state index in [9.17, 15) is 18.0 Å². The fourth-order valence-corrected chi connectivity index (χ4v) is 3.22. The zero-order valence-electron chi connectivity index (χ0n) is 18.6. The summed E-state index contributed by atoms with van der Waals surface area (Å²) >= 11 is 0. The third kappa shape index (κ3) is 6.11. The van der Waals surface area contributed by atoms with Gasteiger partial charge in [-0.15, -0.1) is 0 Å². The Bertz CT molecular complexity index is 1370. The normalized spacial score (nSPS) is 13.4. The van der Waals surface area contributed by atoms with E-state index in [0.29, 0.717) is 6.08 Å². The van der Waals surface area contributed by atoms with E-state index in [4.69, 9.17) is 20.3 Å². The predicted octanol–water partition coefficient (Wildman–Crippen LogP) is 5.48. The van der Waals surface area contributed by atoms with Crippen molar-refractivity contribution in [1.82, 2.24) is 4.68 Å². The van der Waals surface area contributed by atoms with Crippen molar-refractivity contribution in [3.8, 4) is 11.1 Å². The molecule has 0 unspecified atom stereocenters. The summed E-state index contributed by atoms with van der Waals surface area (Å²) in [6.07, 6.45) is 7.68. The minimum Gasteiger partial charge on any atom is -0.487 e. The van der Waals surface area contributed by atoms with Gasteiger partial charge in [0, 0.05) is 43.1 Å². The fourth-order valence-electron chi connectivity index (χ4n) is 3.22. The number of aromatic nitrogens is 1. The lowest BCUT2D eigenvalue weighted by Gasteiger charge is -2.13. The SMILES string of the molecule is C=Nn1ccc(=O)c(-c2cc(C(=N)OC(C)=N)ccc2F)c1/C=C\COC1=CCC=C(F)C=C1F. The molecular weight excluding hydrogens is 461 g/mol. The number of ether oxygens (including phenoxy) is 2. The van der Waals surface area contributed by atoms with Gasteiger partial charge in [0.25, 0.3) is 0 Å². The van der Waals surface area contributed by atoms with Gasteiger partial charge in [-0.2, -0.15) is 5.10 Å². The molecule has 0 saturated heterocycles. The average Bonchev–Trinajstić information content (AvgIpc) is 2.96. The van der Waals surface area contributed by atoms with Crippen LogP contribution in [0.1, 0.15) is 24.6 Å². The molecule has 2 aromatic rings. The van der Waals surface area contributed by atoms with Gasteiger partial charge >= 0.3 is 0 Å². The highest BCUT2D eigenvalue weighted by Gasteiger charge is 2.18. The van der Waals surface area contributed by atoms with E-state index in [-0.39, 0.29) is 53.0 Å². The van der Waals surface area contributed by atoms with Gasteiger partial charge in [-0.1, -0.05) is 0 Å². The van der Waals surface area contributed by atoms with Crippen molar-refractivity contribution in [2.45, 2.75) is 13.3 Å². The van der Waals surface area contributed by atoms with E-state index in [0.717, 1.165) is 6.07 Å². The van der Waals surface area contributed by atoms with Gasteiger partial charge in [0.1, 0.15) is 18.3 Å². The molecule has 0 fully saturated rings. The molecule has 35 heavy (non-hydrogen) atoms. The number of nitrogens with one attached hydrogen (secondary N) is 2. The topological polar surface area (TPSA) is 101 Å². The number of halogens is 3. The summed E-state index contributed by atoms with van der Waals surface area (Å²) in [5, 5.41) is 19.1. The van der Waals surface area contributed by atoms with Crippen LogP contribution in [0.5, 0.6) is 0 Å². The quantitative estimate of drug-likeness (QED) is 0.404. The second-order valence-corrected chi connectivity index (χ2v) is 7.21. The first kappa shape index (κ1) is 25.2. The monoisotopic (exact) mass is 482 g/mol. The van der Waals surface area contributed by atoms with Crippen LogP contribution in [0.25, 0.3) is 17.2 Å². The molecule has 0 spiro atoms. The lowest BCUT2D eigenvalue weighted by molar-refractivity contribution is 0.242. The van der Waals surface area contributed by atoms with Crippen LogP contribution >= 0.6 is 0 Å². The number of pyridine rings is 1. The number of allylic oxidation sites excluding steroid dienone is 5. The van der Waals surface area contributed by atoms with Crippen LogP contribution < -0.4 is 5.43 Å². The molecule has 0 atom stereocenters. The van der Waals surface area contributed by atoms with Gasteiger partial charge in [-0.05, 0) is 48.9 Å². The first-order chi connectivity index (χ1) is 16.7. The van der Waals surface area contributed by atoms with Crippen LogP contribution in [0.3, 0.4) is 0 Å². The Labute approximate surface area is 198 Å². The molecule has 180 valence electrons. The molecule has 0 radical (unpaired) electrons. The maximum atomic E-state index is 14.8. The molecular formula is C25H21F3N4O3. The second kappa shape index (κ2) is 11.1. The summed E-state index contributed by atoms with van der Waals surface area (Å²) in [5.74, 6) is -3.05. The Morgan fingerprint density at radius 2 is 2.00 bits per heavy atom. The zero-order chi connectivity index (χ0) is 25.5. The van der Waals surface area contributed by atoms with Crippen molar-refractivity contribution in [1.29, 1.82) is 10.8 Å². The molecule has 2 N–H and O–H groups in total. The summed E-state index contributed by atoms with van der Waals surface area (Å²) in [6.45, 7) is 4.65. The highest BCUT2D eigenvalue weighted by atomic mass is 19.1. The van der Waals surface area contributed by atoms with Gasteiger partial charge < -0.3 is 9.47 Å². The molecule has 7 nitrogen and oxygen atoms in total. The molecule has 10 heteroatoms. The molecule has 0 aliphatic heterocycles. The van der Waals surface area contributed by atoms with Crippen LogP contribution in [-0.2, 0) is 9.47 Å². The highest BCUT2D eigenvalue weighted by Crippen LogP contribution is 2.27. The van der Waals surface area contributed by atoms with Gasteiger partial charge in [-0.25, -0.2) is 17.8 Å². The number of benzene rings is 1. The van der Waals surface area contributed by atoms with Crippen molar-refractivity contribution in [2.24, 2.45) is 5.10 Å². The third-order valence-electron chi connectivity index (χ3n) is 4.75. The lowest BCUT2D eigenvalue weighted by atomic mass is 10.00. The van der Waals surface area contributed by atoms with Gasteiger partial charge in [0.05, 0.1) is 11.3 Å². The van der Waals surface area contributed by atoms with E-state index in [2.05, 4.69) is 11.8 Å². The largest absolute Gasteiger partial charge is 0.487 e. The minimum absolute atomic E-state index is 0.0686. The van der Waals surface area contributed by atoms with E-state index in [1.165, 1.54) is 60.3 Å². The van der Waals surface area contributed by atoms with Crippen LogP contribution in [0.2, 0.25) is 0 Å². The first-order valence-electron chi connectivity index (χ1n) is 10.3. The maximum absolute atomic E-state index is 14.8. The van der Waals surface area contributed by atoms with Gasteiger partial charge in [0.2, 0.25) is 5.90 Å². The third-order valence-corrected chi connectivity index (χ3v) is 4.75. The summed E-state index contributed by atoms with van der Waals surface area (Å²) in [6, 6.07) is 4.82. The Hall–Kier alpha value is -4.47. The summed E-state index contributed by atoms with van der Waals surface area (Å²) < 4.78 is 53.7. The smallest absolute Gasteiger partial charge is 0.220 e. The lowest BCUT2D eigenvalue weighted by Crippen LogP contribution is -2.13. The van der Waals surface area contributed by atoms with Gasteiger partial charge in [-0.3, -0.25) is 15.6 Å². The molecule has 1 aromatic carbocycles. The van der Waals surface area contributed by atoms with Crippen LogP contribution in [0, 0.1) is 16.6 Å². The number of nitrogens with zero attached hydrogens (tertiary/aromatic N) is 2. The van der Waals surface area contributed by atoms with E-state index in [1.54, 1.807) is 0 Å². The van der Waals surface area contributed by atoms with E-state index in [1.807, 2.05) is 0 Å². The minimum atomic E-state index is -0.863. The average molecular weight is 482 g/mol. The summed E-state index contributed by atoms with van der Waals surface area (Å²) in [4.78, 5) is 12.8. The van der Waals surface area contributed by atoms with E-state index >= 15 is 0 Å². The van der Waals surface area contributed by atoms with Crippen molar-refractivity contribution >= 4 is 24.6 Å². The Kier molecular flexibility index (Phi) is 7.98. The molecule has 1 aliphatic carbocycles. The molecule has 0 saturated carbocycles. The summed E-state index contributed by atoms with van der Waals surface area (Å²) in [7, 11) is 0. The van der Waals surface area contributed by atoms with Crippen molar-refractivity contribution < 1.29 is 22.6 Å². The Morgan fingerprint density at radius 3 is 2.71 bits per heavy atom. The highest BCUT2D eigenvalue weighted by molar-refractivity contribution is 5.99. The molecule has 0 amide bonds. The Balaban J connectivity index is 1.97. The second-order valence-electron chi connectivity index (χ2n) is 7.21. The predicted molar refractivity (Wildman–Crippen MR) is 128 cm³/mol. The molecule has 0 bridgehead atoms. The molecule has 1 aliphatic rings. The maximum Gasteiger partial charge on any atom is 0.220 e. The van der Waals surface area contributed by atoms with Crippen LogP contribution in [0.15, 0.2) is 82.1 Å². The first-order valence-corrected chi connectivity index (χ1v) is 10.3. The van der Waals surface area contributed by atoms with Crippen LogP contribution in [-0.4, -0.2) is 29.8 Å². The Morgan fingerprint density at radius 1 is 1.23 bits per heavy atom. The standard InChI is InChI=1S/C25H21F3N4O3/c1-15(29)35-25(30)16-8-9-19(27)18(13-16)24-21(32(31-2)11-10-22(24)33)6-4-12-34-23-7-3-5-17(26)14-20(23)28/h4-11,13-14,29-30H,2-3,12H2,1H3/b6-4-,29-15?,30-25?. The molecule has 1 heterocycles.